The van der Waals surface area contributed by atoms with Gasteiger partial charge in [-0.05, 0) is 0 Å². The normalized spacial score (nSPS) is 10.7. The molecule has 15 heavy (non-hydrogen) atoms. The van der Waals surface area contributed by atoms with Gasteiger partial charge in [-0.3, -0.25) is 10.1 Å². The van der Waals surface area contributed by atoms with Crippen LogP contribution in [0.5, 0.6) is 0 Å². The third-order valence-electron chi connectivity index (χ3n) is 1.62. The molecule has 1 heterocycles. The van der Waals surface area contributed by atoms with E-state index in [1.165, 1.54) is 0 Å². The fourth-order valence-electron chi connectivity index (χ4n) is 0.957. The zero-order valence-electron chi connectivity index (χ0n) is 7.08. The Morgan fingerprint density at radius 3 is 2.60 bits per heavy atom. The van der Waals surface area contributed by atoms with E-state index in [4.69, 9.17) is 23.2 Å². The Kier molecular flexibility index (Phi) is 3.76. The highest BCUT2D eigenvalue weighted by molar-refractivity contribution is 6.31. The molecule has 0 radical (unpaired) electrons. The zero-order chi connectivity index (χ0) is 11.6. The van der Waals surface area contributed by atoms with E-state index in [0.717, 1.165) is 6.07 Å². The third kappa shape index (κ3) is 2.51. The van der Waals surface area contributed by atoms with Crippen LogP contribution >= 0.6 is 23.2 Å². The lowest BCUT2D eigenvalue weighted by atomic mass is 10.2. The van der Waals surface area contributed by atoms with Gasteiger partial charge in [-0.25, -0.2) is 13.8 Å². The highest BCUT2D eigenvalue weighted by Gasteiger charge is 2.22. The minimum atomic E-state index is -2.86. The van der Waals surface area contributed by atoms with E-state index >= 15 is 0 Å². The lowest BCUT2D eigenvalue weighted by Gasteiger charge is -2.05. The van der Waals surface area contributed by atoms with E-state index in [2.05, 4.69) is 4.98 Å². The maximum absolute atomic E-state index is 12.4. The van der Waals surface area contributed by atoms with Crippen molar-refractivity contribution in [3.63, 3.8) is 0 Å². The van der Waals surface area contributed by atoms with Gasteiger partial charge in [0.2, 0.25) is 5.15 Å². The molecule has 0 bridgehead atoms. The number of nitrogens with zero attached hydrogens (tertiary/aromatic N) is 2. The smallest absolute Gasteiger partial charge is 0.258 e. The van der Waals surface area contributed by atoms with Crippen molar-refractivity contribution >= 4 is 28.9 Å². The van der Waals surface area contributed by atoms with Crippen molar-refractivity contribution in [2.24, 2.45) is 0 Å². The van der Waals surface area contributed by atoms with Crippen molar-refractivity contribution < 1.29 is 13.7 Å². The molecule has 1 aromatic heterocycles. The molecule has 0 aliphatic carbocycles. The predicted molar refractivity (Wildman–Crippen MR) is 50.4 cm³/mol. The van der Waals surface area contributed by atoms with E-state index in [9.17, 15) is 18.9 Å². The van der Waals surface area contributed by atoms with Crippen LogP contribution in [-0.4, -0.2) is 9.91 Å². The summed E-state index contributed by atoms with van der Waals surface area (Å²) in [4.78, 5) is 12.9. The number of hydrogen-bond donors (Lipinski definition) is 0. The molecule has 0 N–H and O–H groups in total. The summed E-state index contributed by atoms with van der Waals surface area (Å²) >= 11 is 10.7. The fourth-order valence-corrected chi connectivity index (χ4v) is 1.39. The van der Waals surface area contributed by atoms with Gasteiger partial charge in [0.1, 0.15) is 5.69 Å². The van der Waals surface area contributed by atoms with Crippen LogP contribution in [0.4, 0.5) is 14.5 Å². The monoisotopic (exact) mass is 256 g/mol. The molecular weight excluding hydrogens is 253 g/mol. The second kappa shape index (κ2) is 4.67. The van der Waals surface area contributed by atoms with Gasteiger partial charge in [-0.15, -0.1) is 11.6 Å². The molecule has 0 aliphatic heterocycles. The van der Waals surface area contributed by atoms with Crippen LogP contribution in [0.2, 0.25) is 5.15 Å². The van der Waals surface area contributed by atoms with E-state index in [1.54, 1.807) is 0 Å². The molecule has 0 amide bonds. The average Bonchev–Trinajstić information content (AvgIpc) is 2.16. The molecular formula is C7H4Cl2F2N2O2. The summed E-state index contributed by atoms with van der Waals surface area (Å²) in [5.41, 5.74) is -1.25. The Morgan fingerprint density at radius 1 is 1.60 bits per heavy atom. The number of aromatic nitrogens is 1. The number of pyridine rings is 1. The second-order valence-electron chi connectivity index (χ2n) is 2.53. The molecule has 8 heteroatoms. The van der Waals surface area contributed by atoms with Crippen LogP contribution in [0.25, 0.3) is 0 Å². The van der Waals surface area contributed by atoms with Crippen LogP contribution < -0.4 is 0 Å². The number of rotatable bonds is 3. The first-order valence-corrected chi connectivity index (χ1v) is 4.56. The van der Waals surface area contributed by atoms with Gasteiger partial charge < -0.3 is 0 Å². The summed E-state index contributed by atoms with van der Waals surface area (Å²) in [5.74, 6) is -0.287. The molecule has 0 atom stereocenters. The van der Waals surface area contributed by atoms with Crippen molar-refractivity contribution in [1.82, 2.24) is 4.98 Å². The van der Waals surface area contributed by atoms with E-state index < -0.39 is 27.9 Å². The Hall–Kier alpha value is -1.01. The first-order chi connectivity index (χ1) is 6.97. The second-order valence-corrected chi connectivity index (χ2v) is 3.16. The summed E-state index contributed by atoms with van der Waals surface area (Å²) in [5, 5.41) is 9.86. The molecule has 0 unspecified atom stereocenters. The summed E-state index contributed by atoms with van der Waals surface area (Å²) < 4.78 is 24.8. The van der Waals surface area contributed by atoms with Crippen LogP contribution in [0, 0.1) is 10.1 Å². The average molecular weight is 257 g/mol. The number of alkyl halides is 3. The molecule has 0 aliphatic rings. The molecule has 0 spiro atoms. The van der Waals surface area contributed by atoms with E-state index in [-0.39, 0.29) is 11.4 Å². The molecule has 4 nitrogen and oxygen atoms in total. The van der Waals surface area contributed by atoms with Crippen LogP contribution in [0.15, 0.2) is 6.07 Å². The van der Waals surface area contributed by atoms with Gasteiger partial charge in [0, 0.05) is 17.5 Å². The van der Waals surface area contributed by atoms with Crippen molar-refractivity contribution in [3.05, 3.63) is 32.6 Å². The lowest BCUT2D eigenvalue weighted by molar-refractivity contribution is -0.385. The van der Waals surface area contributed by atoms with Gasteiger partial charge >= 0.3 is 5.69 Å². The van der Waals surface area contributed by atoms with Crippen molar-refractivity contribution in [1.29, 1.82) is 0 Å². The standard InChI is InChI=1S/C7H4Cl2F2N2O2/c8-2-3-1-4(13(14)15)6(9)12-5(3)7(10)11/h1,7H,2H2. The molecule has 82 valence electrons. The van der Waals surface area contributed by atoms with Crippen LogP contribution in [-0.2, 0) is 5.88 Å². The van der Waals surface area contributed by atoms with Crippen LogP contribution in [0.1, 0.15) is 17.7 Å². The first kappa shape index (κ1) is 12.1. The van der Waals surface area contributed by atoms with Gasteiger partial charge in [-0.2, -0.15) is 0 Å². The van der Waals surface area contributed by atoms with Gasteiger partial charge in [0.25, 0.3) is 6.43 Å². The molecule has 0 fully saturated rings. The largest absolute Gasteiger partial charge is 0.306 e. The topological polar surface area (TPSA) is 56.0 Å². The van der Waals surface area contributed by atoms with Gasteiger partial charge in [0.05, 0.1) is 4.92 Å². The predicted octanol–water partition coefficient (Wildman–Crippen LogP) is 3.32. The Balaban J connectivity index is 3.35. The number of nitro groups is 1. The van der Waals surface area contributed by atoms with Crippen molar-refractivity contribution in [2.75, 3.05) is 0 Å². The molecule has 0 aromatic carbocycles. The summed E-state index contributed by atoms with van der Waals surface area (Å²) in [6.07, 6.45) is -2.86. The quantitative estimate of drug-likeness (QED) is 0.361. The molecule has 1 rings (SSSR count). The Bertz CT molecular complexity index is 401. The molecule has 1 aromatic rings. The van der Waals surface area contributed by atoms with E-state index in [1.807, 2.05) is 0 Å². The zero-order valence-corrected chi connectivity index (χ0v) is 8.60. The molecule has 0 saturated heterocycles. The number of halogens is 4. The molecule has 0 saturated carbocycles. The maximum Gasteiger partial charge on any atom is 0.306 e. The number of hydrogen-bond acceptors (Lipinski definition) is 3. The Morgan fingerprint density at radius 2 is 2.20 bits per heavy atom. The van der Waals surface area contributed by atoms with Crippen LogP contribution in [0.3, 0.4) is 0 Å². The SMILES string of the molecule is O=[N+]([O-])c1cc(CCl)c(C(F)F)nc1Cl. The van der Waals surface area contributed by atoms with Gasteiger partial charge in [-0.1, -0.05) is 11.6 Å². The highest BCUT2D eigenvalue weighted by atomic mass is 35.5. The maximum atomic E-state index is 12.4. The minimum absolute atomic E-state index is 0.0947. The summed E-state index contributed by atoms with van der Waals surface area (Å²) in [6, 6.07) is 0.907. The van der Waals surface area contributed by atoms with Crippen molar-refractivity contribution in [2.45, 2.75) is 12.3 Å². The third-order valence-corrected chi connectivity index (χ3v) is 2.18. The van der Waals surface area contributed by atoms with Gasteiger partial charge in [0.15, 0.2) is 0 Å². The van der Waals surface area contributed by atoms with E-state index in [0.29, 0.717) is 0 Å². The Labute approximate surface area is 93.0 Å². The fraction of sp³-hybridized carbons (Fsp3) is 0.286. The minimum Gasteiger partial charge on any atom is -0.258 e. The summed E-state index contributed by atoms with van der Waals surface area (Å²) in [6.45, 7) is 0. The summed E-state index contributed by atoms with van der Waals surface area (Å²) in [7, 11) is 0. The van der Waals surface area contributed by atoms with Crippen molar-refractivity contribution in [3.8, 4) is 0 Å². The lowest BCUT2D eigenvalue weighted by Crippen LogP contribution is -2.01. The highest BCUT2D eigenvalue weighted by Crippen LogP contribution is 2.30. The first-order valence-electron chi connectivity index (χ1n) is 3.65.